The first kappa shape index (κ1) is 22.0. The molecule has 6 nitrogen and oxygen atoms in total. The summed E-state index contributed by atoms with van der Waals surface area (Å²) >= 11 is 12.1. The van der Waals surface area contributed by atoms with Gasteiger partial charge in [-0.1, -0.05) is 29.3 Å². The van der Waals surface area contributed by atoms with Crippen molar-refractivity contribution < 1.29 is 8.42 Å². The zero-order valence-electron chi connectivity index (χ0n) is 15.0. The van der Waals surface area contributed by atoms with Crippen LogP contribution in [0.3, 0.4) is 0 Å². The molecule has 142 valence electrons. The summed E-state index contributed by atoms with van der Waals surface area (Å²) in [5.41, 5.74) is 0.919. The van der Waals surface area contributed by atoms with Gasteiger partial charge in [-0.3, -0.25) is 4.99 Å². The van der Waals surface area contributed by atoms with Gasteiger partial charge in [0.1, 0.15) is 0 Å². The molecule has 1 aromatic rings. The molecular weight excluding hydrogens is 383 g/mol. The van der Waals surface area contributed by atoms with Crippen molar-refractivity contribution in [2.24, 2.45) is 4.99 Å². The van der Waals surface area contributed by atoms with Crippen LogP contribution in [0, 0.1) is 0 Å². The summed E-state index contributed by atoms with van der Waals surface area (Å²) in [6.45, 7) is 4.67. The van der Waals surface area contributed by atoms with Crippen molar-refractivity contribution in [2.45, 2.75) is 26.3 Å². The fourth-order valence-electron chi connectivity index (χ4n) is 2.20. The van der Waals surface area contributed by atoms with Crippen molar-refractivity contribution in [1.82, 2.24) is 14.9 Å². The molecular formula is C16H26Cl2N4O2S. The zero-order valence-corrected chi connectivity index (χ0v) is 17.3. The average Bonchev–Trinajstić information content (AvgIpc) is 2.56. The van der Waals surface area contributed by atoms with Gasteiger partial charge in [0.25, 0.3) is 0 Å². The zero-order chi connectivity index (χ0) is 19.0. The summed E-state index contributed by atoms with van der Waals surface area (Å²) in [5, 5.41) is 7.61. The van der Waals surface area contributed by atoms with E-state index in [2.05, 4.69) is 15.6 Å². The van der Waals surface area contributed by atoms with E-state index in [1.165, 1.54) is 4.31 Å². The molecule has 0 aromatic heterocycles. The molecule has 0 radical (unpaired) electrons. The van der Waals surface area contributed by atoms with E-state index in [-0.39, 0.29) is 11.8 Å². The third kappa shape index (κ3) is 7.01. The number of rotatable bonds is 8. The lowest BCUT2D eigenvalue weighted by Gasteiger charge is -2.20. The molecule has 2 N–H and O–H groups in total. The molecule has 0 spiro atoms. The predicted molar refractivity (Wildman–Crippen MR) is 106 cm³/mol. The lowest BCUT2D eigenvalue weighted by atomic mass is 10.1. The number of hydrogen-bond acceptors (Lipinski definition) is 3. The maximum Gasteiger partial charge on any atom is 0.213 e. The highest BCUT2D eigenvalue weighted by Gasteiger charge is 2.14. The van der Waals surface area contributed by atoms with Gasteiger partial charge in [-0.25, -0.2) is 12.7 Å². The van der Waals surface area contributed by atoms with Gasteiger partial charge in [0.15, 0.2) is 5.96 Å². The van der Waals surface area contributed by atoms with E-state index in [4.69, 9.17) is 23.2 Å². The highest BCUT2D eigenvalue weighted by atomic mass is 35.5. The first-order chi connectivity index (χ1) is 11.7. The fraction of sp³-hybridized carbons (Fsp3) is 0.562. The van der Waals surface area contributed by atoms with Crippen molar-refractivity contribution >= 4 is 39.2 Å². The third-order valence-corrected chi connectivity index (χ3v) is 6.21. The van der Waals surface area contributed by atoms with Crippen molar-refractivity contribution in [3.8, 4) is 0 Å². The SMILES string of the molecule is CCS(=O)(=O)N(C)CCCNC(=NC)NC(C)c1ccc(Cl)cc1Cl. The highest BCUT2D eigenvalue weighted by Crippen LogP contribution is 2.25. The monoisotopic (exact) mass is 408 g/mol. The van der Waals surface area contributed by atoms with Crippen molar-refractivity contribution in [3.63, 3.8) is 0 Å². The molecule has 25 heavy (non-hydrogen) atoms. The summed E-state index contributed by atoms with van der Waals surface area (Å²) in [4.78, 5) is 4.18. The normalized spacial score (nSPS) is 13.8. The molecule has 0 aliphatic rings. The topological polar surface area (TPSA) is 73.8 Å². The molecule has 9 heteroatoms. The second kappa shape index (κ2) is 10.2. The molecule has 0 saturated carbocycles. The van der Waals surface area contributed by atoms with Gasteiger partial charge in [-0.05, 0) is 38.0 Å². The minimum absolute atomic E-state index is 0.0564. The summed E-state index contributed by atoms with van der Waals surface area (Å²) in [6, 6.07) is 5.32. The maximum atomic E-state index is 11.7. The van der Waals surface area contributed by atoms with Gasteiger partial charge in [0, 0.05) is 37.2 Å². The summed E-state index contributed by atoms with van der Waals surface area (Å²) in [5.74, 6) is 0.735. The van der Waals surface area contributed by atoms with Gasteiger partial charge in [-0.15, -0.1) is 0 Å². The summed E-state index contributed by atoms with van der Waals surface area (Å²) in [6.07, 6.45) is 0.673. The van der Waals surface area contributed by atoms with Crippen LogP contribution in [-0.2, 0) is 10.0 Å². The molecule has 1 atom stereocenters. The Morgan fingerprint density at radius 1 is 1.36 bits per heavy atom. The minimum Gasteiger partial charge on any atom is -0.356 e. The Morgan fingerprint density at radius 2 is 2.04 bits per heavy atom. The van der Waals surface area contributed by atoms with Gasteiger partial charge in [0.05, 0.1) is 11.8 Å². The van der Waals surface area contributed by atoms with E-state index in [9.17, 15) is 8.42 Å². The quantitative estimate of drug-likeness (QED) is 0.393. The fourth-order valence-corrected chi connectivity index (χ4v) is 3.62. The molecule has 1 rings (SSSR count). The largest absolute Gasteiger partial charge is 0.356 e. The van der Waals surface area contributed by atoms with E-state index < -0.39 is 10.0 Å². The Labute approximate surface area is 160 Å². The first-order valence-electron chi connectivity index (χ1n) is 8.07. The number of nitrogens with one attached hydrogen (secondary N) is 2. The van der Waals surface area contributed by atoms with Crippen molar-refractivity contribution in [2.75, 3.05) is 32.9 Å². The highest BCUT2D eigenvalue weighted by molar-refractivity contribution is 7.89. The van der Waals surface area contributed by atoms with Gasteiger partial charge < -0.3 is 10.6 Å². The lowest BCUT2D eigenvalue weighted by Crippen LogP contribution is -2.40. The van der Waals surface area contributed by atoms with Crippen LogP contribution in [0.25, 0.3) is 0 Å². The maximum absolute atomic E-state index is 11.7. The Morgan fingerprint density at radius 3 is 2.60 bits per heavy atom. The van der Waals surface area contributed by atoms with Gasteiger partial charge in [0.2, 0.25) is 10.0 Å². The number of aliphatic imine (C=N–C) groups is 1. The van der Waals surface area contributed by atoms with Crippen LogP contribution in [-0.4, -0.2) is 51.6 Å². The Kier molecular flexibility index (Phi) is 8.99. The molecule has 1 aromatic carbocycles. The minimum atomic E-state index is -3.13. The number of nitrogens with zero attached hydrogens (tertiary/aromatic N) is 2. The second-order valence-corrected chi connectivity index (χ2v) is 8.81. The van der Waals surface area contributed by atoms with E-state index in [1.807, 2.05) is 13.0 Å². The van der Waals surface area contributed by atoms with Crippen LogP contribution in [0.5, 0.6) is 0 Å². The lowest BCUT2D eigenvalue weighted by molar-refractivity contribution is 0.461. The van der Waals surface area contributed by atoms with Crippen LogP contribution < -0.4 is 10.6 Å². The van der Waals surface area contributed by atoms with Gasteiger partial charge >= 0.3 is 0 Å². The van der Waals surface area contributed by atoms with E-state index in [0.29, 0.717) is 35.5 Å². The van der Waals surface area contributed by atoms with E-state index >= 15 is 0 Å². The molecule has 1 unspecified atom stereocenters. The number of benzene rings is 1. The van der Waals surface area contributed by atoms with Gasteiger partial charge in [-0.2, -0.15) is 0 Å². The van der Waals surface area contributed by atoms with Crippen molar-refractivity contribution in [3.05, 3.63) is 33.8 Å². The smallest absolute Gasteiger partial charge is 0.213 e. The number of hydrogen-bond donors (Lipinski definition) is 2. The van der Waals surface area contributed by atoms with E-state index in [1.54, 1.807) is 33.2 Å². The van der Waals surface area contributed by atoms with E-state index in [0.717, 1.165) is 5.56 Å². The third-order valence-electron chi connectivity index (χ3n) is 3.79. The van der Waals surface area contributed by atoms with Crippen LogP contribution in [0.2, 0.25) is 10.0 Å². The predicted octanol–water partition coefficient (Wildman–Crippen LogP) is 2.89. The van der Waals surface area contributed by atoms with Crippen LogP contribution in [0.1, 0.15) is 31.9 Å². The van der Waals surface area contributed by atoms with Crippen LogP contribution in [0.15, 0.2) is 23.2 Å². The molecule has 0 heterocycles. The molecule has 0 aliphatic heterocycles. The Bertz CT molecular complexity index is 695. The summed E-state index contributed by atoms with van der Waals surface area (Å²) in [7, 11) is 0.140. The standard InChI is InChI=1S/C16H26Cl2N4O2S/c1-5-25(23,24)22(4)10-6-9-20-16(19-3)21-12(2)14-8-7-13(17)11-15(14)18/h7-8,11-12H,5-6,9-10H2,1-4H3,(H2,19,20,21). The van der Waals surface area contributed by atoms with Crippen molar-refractivity contribution in [1.29, 1.82) is 0 Å². The number of sulfonamides is 1. The Hall–Kier alpha value is -1.02. The molecule has 0 fully saturated rings. The van der Waals surface area contributed by atoms with Crippen LogP contribution >= 0.6 is 23.2 Å². The summed E-state index contributed by atoms with van der Waals surface area (Å²) < 4.78 is 24.8. The Balaban J connectivity index is 2.50. The molecule has 0 amide bonds. The average molecular weight is 409 g/mol. The molecule has 0 saturated heterocycles. The second-order valence-electron chi connectivity index (χ2n) is 5.61. The number of guanidine groups is 1. The molecule has 0 aliphatic carbocycles. The van der Waals surface area contributed by atoms with Crippen LogP contribution in [0.4, 0.5) is 0 Å². The number of halogens is 2. The first-order valence-corrected chi connectivity index (χ1v) is 10.4. The molecule has 0 bridgehead atoms.